The van der Waals surface area contributed by atoms with Gasteiger partial charge in [-0.3, -0.25) is 4.79 Å². The van der Waals surface area contributed by atoms with E-state index in [0.717, 1.165) is 5.56 Å². The predicted molar refractivity (Wildman–Crippen MR) is 83.0 cm³/mol. The lowest BCUT2D eigenvalue weighted by molar-refractivity contribution is -0.125. The molecular weight excluding hydrogens is 307 g/mol. The van der Waals surface area contributed by atoms with Crippen LogP contribution in [-0.4, -0.2) is 56.0 Å². The Balaban J connectivity index is 1.97. The van der Waals surface area contributed by atoms with Crippen molar-refractivity contribution in [2.24, 2.45) is 0 Å². The maximum absolute atomic E-state index is 12.8. The van der Waals surface area contributed by atoms with Crippen LogP contribution < -0.4 is 0 Å². The highest BCUT2D eigenvalue weighted by atomic mass is 32.2. The van der Waals surface area contributed by atoms with Gasteiger partial charge < -0.3 is 4.90 Å². The van der Waals surface area contributed by atoms with E-state index < -0.39 is 10.0 Å². The number of hydrogen-bond donors (Lipinski definition) is 0. The number of nitrogens with zero attached hydrogens (tertiary/aromatic N) is 2. The minimum atomic E-state index is -3.22. The van der Waals surface area contributed by atoms with E-state index in [4.69, 9.17) is 0 Å². The second-order valence-electron chi connectivity index (χ2n) is 5.23. The van der Waals surface area contributed by atoms with Crippen LogP contribution in [0.15, 0.2) is 30.3 Å². The molecule has 1 aliphatic heterocycles. The average molecular weight is 326 g/mol. The van der Waals surface area contributed by atoms with Gasteiger partial charge in [0.05, 0.1) is 6.26 Å². The molecule has 0 unspecified atom stereocenters. The van der Waals surface area contributed by atoms with Gasteiger partial charge in [-0.1, -0.05) is 12.1 Å². The van der Waals surface area contributed by atoms with Crippen molar-refractivity contribution in [2.75, 3.05) is 32.4 Å². The lowest BCUT2D eigenvalue weighted by atomic mass is 10.2. The van der Waals surface area contributed by atoms with Crippen LogP contribution in [0.2, 0.25) is 0 Å². The zero-order valence-electron chi connectivity index (χ0n) is 12.4. The zero-order chi connectivity index (χ0) is 16.2. The number of sulfonamides is 1. The summed E-state index contributed by atoms with van der Waals surface area (Å²) in [5.74, 6) is -0.489. The smallest absolute Gasteiger partial charge is 0.246 e. The Morgan fingerprint density at radius 1 is 1.14 bits per heavy atom. The summed E-state index contributed by atoms with van der Waals surface area (Å²) in [6, 6.07) is 5.85. The van der Waals surface area contributed by atoms with Crippen molar-refractivity contribution in [3.8, 4) is 0 Å². The molecule has 0 radical (unpaired) electrons. The summed E-state index contributed by atoms with van der Waals surface area (Å²) in [4.78, 5) is 13.8. The maximum atomic E-state index is 12.8. The van der Waals surface area contributed by atoms with Crippen LogP contribution in [0.5, 0.6) is 0 Å². The molecule has 0 aliphatic carbocycles. The molecule has 1 heterocycles. The van der Waals surface area contributed by atoms with Gasteiger partial charge in [0.25, 0.3) is 0 Å². The molecule has 0 N–H and O–H groups in total. The Kier molecular flexibility index (Phi) is 5.31. The lowest BCUT2D eigenvalue weighted by Gasteiger charge is -2.19. The van der Waals surface area contributed by atoms with E-state index in [2.05, 4.69) is 0 Å². The molecule has 1 aromatic rings. The van der Waals surface area contributed by atoms with Gasteiger partial charge >= 0.3 is 0 Å². The van der Waals surface area contributed by atoms with Gasteiger partial charge in [0.15, 0.2) is 0 Å². The molecule has 5 nitrogen and oxygen atoms in total. The van der Waals surface area contributed by atoms with Crippen molar-refractivity contribution in [3.63, 3.8) is 0 Å². The van der Waals surface area contributed by atoms with Crippen molar-refractivity contribution in [3.05, 3.63) is 41.7 Å². The molecule has 7 heteroatoms. The standard InChI is InChI=1S/C15H19FN2O3S/c1-22(20,21)18-10-2-9-17(11-12-18)15(19)8-5-13-3-6-14(16)7-4-13/h3-8H,2,9-12H2,1H3/b8-5+. The fraction of sp³-hybridized carbons (Fsp3) is 0.400. The first-order chi connectivity index (χ1) is 10.4. The van der Waals surface area contributed by atoms with E-state index in [1.807, 2.05) is 0 Å². The molecule has 0 saturated carbocycles. The third-order valence-corrected chi connectivity index (χ3v) is 4.83. The van der Waals surface area contributed by atoms with E-state index in [0.29, 0.717) is 32.6 Å². The summed E-state index contributed by atoms with van der Waals surface area (Å²) in [7, 11) is -3.22. The van der Waals surface area contributed by atoms with E-state index in [1.54, 1.807) is 23.1 Å². The third-order valence-electron chi connectivity index (χ3n) is 3.52. The van der Waals surface area contributed by atoms with Crippen LogP contribution in [0.25, 0.3) is 6.08 Å². The maximum Gasteiger partial charge on any atom is 0.246 e. The molecule has 120 valence electrons. The number of carbonyl (C=O) groups is 1. The molecule has 22 heavy (non-hydrogen) atoms. The topological polar surface area (TPSA) is 57.7 Å². The quantitative estimate of drug-likeness (QED) is 0.788. The molecular formula is C15H19FN2O3S. The van der Waals surface area contributed by atoms with Crippen LogP contribution in [-0.2, 0) is 14.8 Å². The summed E-state index contributed by atoms with van der Waals surface area (Å²) >= 11 is 0. The van der Waals surface area contributed by atoms with Crippen molar-refractivity contribution in [2.45, 2.75) is 6.42 Å². The highest BCUT2D eigenvalue weighted by Crippen LogP contribution is 2.09. The number of carbonyl (C=O) groups excluding carboxylic acids is 1. The van der Waals surface area contributed by atoms with Crippen molar-refractivity contribution in [1.29, 1.82) is 0 Å². The number of rotatable bonds is 3. The summed E-state index contributed by atoms with van der Waals surface area (Å²) in [5, 5.41) is 0. The fourth-order valence-electron chi connectivity index (χ4n) is 2.29. The Bertz CT molecular complexity index is 656. The summed E-state index contributed by atoms with van der Waals surface area (Å²) < 4.78 is 37.3. The molecule has 0 atom stereocenters. The van der Waals surface area contributed by atoms with E-state index in [9.17, 15) is 17.6 Å². The summed E-state index contributed by atoms with van der Waals surface area (Å²) in [6.07, 6.45) is 4.85. The minimum Gasteiger partial charge on any atom is -0.338 e. The number of hydrogen-bond acceptors (Lipinski definition) is 3. The molecule has 2 rings (SSSR count). The Labute approximate surface area is 130 Å². The van der Waals surface area contributed by atoms with Gasteiger partial charge in [-0.2, -0.15) is 0 Å². The van der Waals surface area contributed by atoms with Gasteiger partial charge in [-0.25, -0.2) is 17.1 Å². The second kappa shape index (κ2) is 7.02. The molecule has 0 spiro atoms. The summed E-state index contributed by atoms with van der Waals surface area (Å²) in [5.41, 5.74) is 0.738. The van der Waals surface area contributed by atoms with Crippen LogP contribution in [0.4, 0.5) is 4.39 Å². The highest BCUT2D eigenvalue weighted by molar-refractivity contribution is 7.88. The largest absolute Gasteiger partial charge is 0.338 e. The molecule has 1 aromatic carbocycles. The van der Waals surface area contributed by atoms with Gasteiger partial charge in [-0.05, 0) is 30.2 Å². The fourth-order valence-corrected chi connectivity index (χ4v) is 3.17. The Morgan fingerprint density at radius 2 is 1.82 bits per heavy atom. The minimum absolute atomic E-state index is 0.167. The molecule has 0 aromatic heterocycles. The van der Waals surface area contributed by atoms with Crippen molar-refractivity contribution in [1.82, 2.24) is 9.21 Å². The molecule has 1 saturated heterocycles. The number of halogens is 1. The SMILES string of the molecule is CS(=O)(=O)N1CCCN(C(=O)/C=C/c2ccc(F)cc2)CC1. The van der Waals surface area contributed by atoms with Gasteiger partial charge in [0, 0.05) is 32.3 Å². The predicted octanol–water partition coefficient (Wildman–Crippen LogP) is 1.33. The second-order valence-corrected chi connectivity index (χ2v) is 7.21. The Morgan fingerprint density at radius 3 is 2.45 bits per heavy atom. The zero-order valence-corrected chi connectivity index (χ0v) is 13.2. The third kappa shape index (κ3) is 4.64. The van der Waals surface area contributed by atoms with Crippen molar-refractivity contribution < 1.29 is 17.6 Å². The highest BCUT2D eigenvalue weighted by Gasteiger charge is 2.22. The molecule has 1 aliphatic rings. The average Bonchev–Trinajstić information content (AvgIpc) is 2.72. The lowest BCUT2D eigenvalue weighted by Crippen LogP contribution is -2.36. The van der Waals surface area contributed by atoms with Crippen LogP contribution in [0, 0.1) is 5.82 Å². The first-order valence-corrected chi connectivity index (χ1v) is 8.89. The monoisotopic (exact) mass is 326 g/mol. The van der Waals surface area contributed by atoms with Crippen molar-refractivity contribution >= 4 is 22.0 Å². The van der Waals surface area contributed by atoms with Gasteiger partial charge in [0.1, 0.15) is 5.82 Å². The normalized spacial score (nSPS) is 17.6. The Hall–Kier alpha value is -1.73. The van der Waals surface area contributed by atoms with E-state index in [-0.39, 0.29) is 11.7 Å². The molecule has 1 fully saturated rings. The van der Waals surface area contributed by atoms with Crippen LogP contribution in [0.3, 0.4) is 0 Å². The summed E-state index contributed by atoms with van der Waals surface area (Å²) in [6.45, 7) is 1.65. The first kappa shape index (κ1) is 16.6. The first-order valence-electron chi connectivity index (χ1n) is 7.04. The van der Waals surface area contributed by atoms with Gasteiger partial charge in [-0.15, -0.1) is 0 Å². The van der Waals surface area contributed by atoms with E-state index >= 15 is 0 Å². The van der Waals surface area contributed by atoms with E-state index in [1.165, 1.54) is 28.8 Å². The van der Waals surface area contributed by atoms with Crippen LogP contribution in [0.1, 0.15) is 12.0 Å². The number of amides is 1. The molecule has 0 bridgehead atoms. The van der Waals surface area contributed by atoms with Crippen LogP contribution >= 0.6 is 0 Å². The molecule has 1 amide bonds. The number of benzene rings is 1. The van der Waals surface area contributed by atoms with Gasteiger partial charge in [0.2, 0.25) is 15.9 Å².